The SMILES string of the molecule is CC(C)(O[N+](=O)[O-])C(=O)NC(CSC(=O)c1ccccc1)C(=O)O. The van der Waals surface area contributed by atoms with Crippen LogP contribution >= 0.6 is 11.8 Å². The van der Waals surface area contributed by atoms with E-state index < -0.39 is 28.6 Å². The van der Waals surface area contributed by atoms with Crippen molar-refractivity contribution in [1.82, 2.24) is 5.32 Å². The van der Waals surface area contributed by atoms with E-state index in [1.807, 2.05) is 0 Å². The molecule has 10 heteroatoms. The molecule has 0 saturated heterocycles. The van der Waals surface area contributed by atoms with E-state index in [1.165, 1.54) is 0 Å². The van der Waals surface area contributed by atoms with E-state index in [9.17, 15) is 24.5 Å². The predicted molar refractivity (Wildman–Crippen MR) is 85.0 cm³/mol. The standard InChI is InChI=1S/C14H16N2O7S/c1-14(2,23-16(21)22)13(20)15-10(11(17)18)8-24-12(19)9-6-4-3-5-7-9/h3-7,10H,8H2,1-2H3,(H,15,20)(H,17,18). The summed E-state index contributed by atoms with van der Waals surface area (Å²) >= 11 is 0.723. The van der Waals surface area contributed by atoms with Crippen molar-refractivity contribution in [1.29, 1.82) is 0 Å². The van der Waals surface area contributed by atoms with Gasteiger partial charge in [-0.2, -0.15) is 0 Å². The minimum Gasteiger partial charge on any atom is -0.480 e. The van der Waals surface area contributed by atoms with Gasteiger partial charge < -0.3 is 10.4 Å². The van der Waals surface area contributed by atoms with E-state index in [0.29, 0.717) is 5.56 Å². The molecule has 0 heterocycles. The highest BCUT2D eigenvalue weighted by Gasteiger charge is 2.35. The maximum Gasteiger partial charge on any atom is 0.327 e. The maximum absolute atomic E-state index is 11.9. The van der Waals surface area contributed by atoms with Crippen LogP contribution in [0.2, 0.25) is 0 Å². The van der Waals surface area contributed by atoms with Crippen LogP contribution in [0.4, 0.5) is 0 Å². The molecule has 0 fully saturated rings. The van der Waals surface area contributed by atoms with E-state index in [2.05, 4.69) is 10.2 Å². The monoisotopic (exact) mass is 356 g/mol. The molecule has 1 atom stereocenters. The summed E-state index contributed by atoms with van der Waals surface area (Å²) in [5.74, 6) is -2.57. The third-order valence-electron chi connectivity index (χ3n) is 2.84. The van der Waals surface area contributed by atoms with Crippen LogP contribution in [-0.4, -0.2) is 44.6 Å². The Morgan fingerprint density at radius 3 is 2.42 bits per heavy atom. The summed E-state index contributed by atoms with van der Waals surface area (Å²) in [6, 6.07) is 6.84. The number of nitrogens with one attached hydrogen (secondary N) is 1. The number of aliphatic carboxylic acids is 1. The Hall–Kier alpha value is -2.62. The van der Waals surface area contributed by atoms with Gasteiger partial charge in [0.2, 0.25) is 5.12 Å². The quantitative estimate of drug-likeness (QED) is 0.522. The van der Waals surface area contributed by atoms with Crippen LogP contribution in [0, 0.1) is 10.1 Å². The van der Waals surface area contributed by atoms with E-state index >= 15 is 0 Å². The van der Waals surface area contributed by atoms with E-state index in [1.54, 1.807) is 30.3 Å². The van der Waals surface area contributed by atoms with Crippen molar-refractivity contribution in [2.24, 2.45) is 0 Å². The van der Waals surface area contributed by atoms with Gasteiger partial charge in [-0.3, -0.25) is 14.4 Å². The Labute approximate surface area is 141 Å². The van der Waals surface area contributed by atoms with Gasteiger partial charge in [-0.15, -0.1) is 10.1 Å². The minimum atomic E-state index is -1.86. The lowest BCUT2D eigenvalue weighted by atomic mass is 10.1. The van der Waals surface area contributed by atoms with Gasteiger partial charge in [0.25, 0.3) is 11.0 Å². The summed E-state index contributed by atoms with van der Waals surface area (Å²) in [6.07, 6.45) is 0. The Morgan fingerprint density at radius 2 is 1.92 bits per heavy atom. The number of carbonyl (C=O) groups is 3. The fraction of sp³-hybridized carbons (Fsp3) is 0.357. The minimum absolute atomic E-state index is 0.233. The third-order valence-corrected chi connectivity index (χ3v) is 3.84. The van der Waals surface area contributed by atoms with Gasteiger partial charge >= 0.3 is 5.97 Å². The number of nitrogens with zero attached hydrogens (tertiary/aromatic N) is 1. The molecule has 0 aromatic heterocycles. The van der Waals surface area contributed by atoms with Crippen LogP contribution in [0.1, 0.15) is 24.2 Å². The molecule has 0 radical (unpaired) electrons. The number of hydrogen-bond acceptors (Lipinski definition) is 7. The smallest absolute Gasteiger partial charge is 0.327 e. The summed E-state index contributed by atoms with van der Waals surface area (Å²) in [5, 5.41) is 20.1. The summed E-state index contributed by atoms with van der Waals surface area (Å²) in [5.41, 5.74) is -1.46. The van der Waals surface area contributed by atoms with Gasteiger partial charge in [-0.1, -0.05) is 42.1 Å². The highest BCUT2D eigenvalue weighted by atomic mass is 32.2. The largest absolute Gasteiger partial charge is 0.480 e. The Balaban J connectivity index is 2.68. The van der Waals surface area contributed by atoms with Gasteiger partial charge in [0.05, 0.1) is 0 Å². The van der Waals surface area contributed by atoms with Crippen LogP contribution in [-0.2, 0) is 14.4 Å². The number of carboxylic acids is 1. The molecule has 1 aromatic rings. The fourth-order valence-corrected chi connectivity index (χ4v) is 2.40. The zero-order valence-corrected chi connectivity index (χ0v) is 13.7. The molecular formula is C14H16N2O7S. The summed E-state index contributed by atoms with van der Waals surface area (Å²) < 4.78 is 0. The highest BCUT2D eigenvalue weighted by Crippen LogP contribution is 2.15. The zero-order chi connectivity index (χ0) is 18.3. The first-order valence-electron chi connectivity index (χ1n) is 6.73. The number of amides is 1. The van der Waals surface area contributed by atoms with Crippen LogP contribution in [0.5, 0.6) is 0 Å². The summed E-state index contributed by atoms with van der Waals surface area (Å²) in [7, 11) is 0. The average molecular weight is 356 g/mol. The third kappa shape index (κ3) is 5.88. The molecular weight excluding hydrogens is 340 g/mol. The molecule has 0 spiro atoms. The first-order chi connectivity index (χ1) is 11.1. The number of benzene rings is 1. The van der Waals surface area contributed by atoms with Crippen LogP contribution < -0.4 is 5.32 Å². The Bertz CT molecular complexity index is 633. The molecule has 1 amide bonds. The van der Waals surface area contributed by atoms with Crippen molar-refractivity contribution >= 4 is 28.8 Å². The highest BCUT2D eigenvalue weighted by molar-refractivity contribution is 8.14. The molecule has 1 unspecified atom stereocenters. The summed E-state index contributed by atoms with van der Waals surface area (Å²) in [4.78, 5) is 49.7. The van der Waals surface area contributed by atoms with E-state index in [-0.39, 0.29) is 10.9 Å². The Morgan fingerprint density at radius 1 is 1.33 bits per heavy atom. The van der Waals surface area contributed by atoms with E-state index in [4.69, 9.17) is 5.11 Å². The van der Waals surface area contributed by atoms with Crippen molar-refractivity contribution in [3.63, 3.8) is 0 Å². The van der Waals surface area contributed by atoms with Gasteiger partial charge in [-0.25, -0.2) is 4.79 Å². The second kappa shape index (κ2) is 8.29. The lowest BCUT2D eigenvalue weighted by Crippen LogP contribution is -2.52. The second-order valence-electron chi connectivity index (χ2n) is 5.15. The zero-order valence-electron chi connectivity index (χ0n) is 12.9. The number of hydrogen-bond donors (Lipinski definition) is 2. The normalized spacial score (nSPS) is 12.1. The number of rotatable bonds is 8. The molecule has 24 heavy (non-hydrogen) atoms. The molecule has 0 bridgehead atoms. The first-order valence-corrected chi connectivity index (χ1v) is 7.71. The van der Waals surface area contributed by atoms with Gasteiger partial charge in [-0.05, 0) is 13.8 Å². The molecule has 1 aromatic carbocycles. The van der Waals surface area contributed by atoms with E-state index in [0.717, 1.165) is 25.6 Å². The van der Waals surface area contributed by atoms with Crippen LogP contribution in [0.25, 0.3) is 0 Å². The van der Waals surface area contributed by atoms with Gasteiger partial charge in [0.15, 0.2) is 5.60 Å². The van der Waals surface area contributed by atoms with Crippen molar-refractivity contribution < 1.29 is 29.4 Å². The van der Waals surface area contributed by atoms with Crippen LogP contribution in [0.3, 0.4) is 0 Å². The number of carboxylic acid groups (broad SMARTS) is 1. The molecule has 0 saturated carbocycles. The van der Waals surface area contributed by atoms with Gasteiger partial charge in [0.1, 0.15) is 6.04 Å². The molecule has 130 valence electrons. The topological polar surface area (TPSA) is 136 Å². The summed E-state index contributed by atoms with van der Waals surface area (Å²) in [6.45, 7) is 2.26. The van der Waals surface area contributed by atoms with Gasteiger partial charge in [0, 0.05) is 11.3 Å². The lowest BCUT2D eigenvalue weighted by molar-refractivity contribution is -0.774. The molecule has 0 aliphatic rings. The number of carbonyl (C=O) groups excluding carboxylic acids is 2. The van der Waals surface area contributed by atoms with Crippen molar-refractivity contribution in [2.45, 2.75) is 25.5 Å². The Kier molecular flexibility index (Phi) is 6.71. The first kappa shape index (κ1) is 19.4. The van der Waals surface area contributed by atoms with Crippen molar-refractivity contribution in [3.05, 3.63) is 46.0 Å². The molecule has 9 nitrogen and oxygen atoms in total. The second-order valence-corrected chi connectivity index (χ2v) is 6.15. The number of thioether (sulfide) groups is 1. The predicted octanol–water partition coefficient (Wildman–Crippen LogP) is 1.12. The molecule has 0 aliphatic heterocycles. The van der Waals surface area contributed by atoms with Crippen LogP contribution in [0.15, 0.2) is 30.3 Å². The van der Waals surface area contributed by atoms with Crippen molar-refractivity contribution in [3.8, 4) is 0 Å². The molecule has 1 rings (SSSR count). The fourth-order valence-electron chi connectivity index (χ4n) is 1.55. The van der Waals surface area contributed by atoms with Crippen molar-refractivity contribution in [2.75, 3.05) is 5.75 Å². The lowest BCUT2D eigenvalue weighted by Gasteiger charge is -2.23. The maximum atomic E-state index is 11.9. The molecule has 2 N–H and O–H groups in total. The molecule has 0 aliphatic carbocycles. The average Bonchev–Trinajstić information content (AvgIpc) is 2.50.